The Morgan fingerprint density at radius 2 is 1.80 bits per heavy atom. The third-order valence-corrected chi connectivity index (χ3v) is 2.25. The van der Waals surface area contributed by atoms with Gasteiger partial charge in [0.05, 0.1) is 13.2 Å². The molecule has 0 aromatic carbocycles. The van der Waals surface area contributed by atoms with E-state index >= 15 is 0 Å². The van der Waals surface area contributed by atoms with Crippen molar-refractivity contribution in [3.63, 3.8) is 0 Å². The first kappa shape index (κ1) is 12.4. The zero-order chi connectivity index (χ0) is 11.7. The summed E-state index contributed by atoms with van der Waals surface area (Å²) in [6.07, 6.45) is -6.56. The van der Waals surface area contributed by atoms with Gasteiger partial charge in [-0.3, -0.25) is 9.05 Å². The molecule has 0 amide bonds. The lowest BCUT2D eigenvalue weighted by atomic mass is 10.4. The maximum absolute atomic E-state index is 12.4. The van der Waals surface area contributed by atoms with Gasteiger partial charge in [-0.05, 0) is 0 Å². The molecule has 0 atom stereocenters. The number of carbonyl (C=O) groups is 1. The first-order chi connectivity index (χ1) is 6.71. The summed E-state index contributed by atoms with van der Waals surface area (Å²) in [5.74, 6) is -2.43. The molecule has 10 heteroatoms. The van der Waals surface area contributed by atoms with Gasteiger partial charge in [-0.25, -0.2) is 9.36 Å². The minimum atomic E-state index is -5.14. The summed E-state index contributed by atoms with van der Waals surface area (Å²) in [6, 6.07) is 0. The maximum atomic E-state index is 12.4. The zero-order valence-corrected chi connectivity index (χ0v) is 7.89. The van der Waals surface area contributed by atoms with E-state index in [9.17, 15) is 26.7 Å². The third kappa shape index (κ3) is 3.77. The van der Waals surface area contributed by atoms with E-state index in [1.807, 2.05) is 0 Å². The molecule has 0 aliphatic carbocycles. The van der Waals surface area contributed by atoms with Gasteiger partial charge >= 0.3 is 20.1 Å². The van der Waals surface area contributed by atoms with Gasteiger partial charge in [0, 0.05) is 0 Å². The van der Waals surface area contributed by atoms with Crippen LogP contribution in [0.5, 0.6) is 0 Å². The van der Waals surface area contributed by atoms with Crippen molar-refractivity contribution in [1.29, 1.82) is 0 Å². The molecule has 0 aromatic heterocycles. The number of alkyl halides is 3. The van der Waals surface area contributed by atoms with Crippen LogP contribution < -0.4 is 0 Å². The highest BCUT2D eigenvalue weighted by molar-refractivity contribution is 7.48. The Hall–Kier alpha value is -0.660. The van der Waals surface area contributed by atoms with Crippen molar-refractivity contribution in [3.8, 4) is 0 Å². The van der Waals surface area contributed by atoms with Gasteiger partial charge in [-0.1, -0.05) is 0 Å². The van der Waals surface area contributed by atoms with E-state index in [4.69, 9.17) is 0 Å². The predicted molar refractivity (Wildman–Crippen MR) is 36.6 cm³/mol. The Labute approximate surface area is 80.9 Å². The average Bonchev–Trinajstić information content (AvgIpc) is 2.07. The molecule has 1 heterocycles. The molecule has 1 fully saturated rings. The molecule has 0 saturated carbocycles. The van der Waals surface area contributed by atoms with Crippen LogP contribution in [-0.4, -0.2) is 31.5 Å². The second kappa shape index (κ2) is 4.07. The molecule has 1 rings (SSSR count). The molecule has 1 saturated heterocycles. The van der Waals surface area contributed by atoms with Gasteiger partial charge in [0.2, 0.25) is 0 Å². The summed E-state index contributed by atoms with van der Waals surface area (Å²) in [5.41, 5.74) is 0. The van der Waals surface area contributed by atoms with E-state index in [-0.39, 0.29) is 0 Å². The monoisotopic (exact) mass is 252 g/mol. The van der Waals surface area contributed by atoms with Gasteiger partial charge in [-0.2, -0.15) is 13.2 Å². The molecular weight excluding hydrogens is 247 g/mol. The van der Waals surface area contributed by atoms with Crippen LogP contribution in [0, 0.1) is 0 Å². The molecule has 88 valence electrons. The normalized spacial score (nSPS) is 32.4. The highest BCUT2D eigenvalue weighted by atomic mass is 31.2. The topological polar surface area (TPSA) is 61.8 Å². The molecule has 1 aliphatic rings. The second-order valence-electron chi connectivity index (χ2n) is 2.55. The van der Waals surface area contributed by atoms with Crippen LogP contribution in [0.25, 0.3) is 0 Å². The van der Waals surface area contributed by atoms with Crippen molar-refractivity contribution in [3.05, 3.63) is 0 Å². The fraction of sp³-hybridized carbons (Fsp3) is 0.800. The number of esters is 1. The van der Waals surface area contributed by atoms with Crippen LogP contribution in [0.3, 0.4) is 0 Å². The van der Waals surface area contributed by atoms with Gasteiger partial charge in [-0.15, -0.1) is 4.20 Å². The average molecular weight is 252 g/mol. The number of halogens is 4. The van der Waals surface area contributed by atoms with Crippen LogP contribution in [-0.2, 0) is 23.1 Å². The van der Waals surface area contributed by atoms with Gasteiger partial charge < -0.3 is 4.74 Å². The quantitative estimate of drug-likeness (QED) is 0.403. The first-order valence-corrected chi connectivity index (χ1v) is 5.01. The number of rotatable bonds is 1. The predicted octanol–water partition coefficient (Wildman–Crippen LogP) is 1.58. The lowest BCUT2D eigenvalue weighted by Crippen LogP contribution is -2.36. The van der Waals surface area contributed by atoms with Gasteiger partial charge in [0.15, 0.2) is 0 Å². The van der Waals surface area contributed by atoms with Crippen molar-refractivity contribution in [1.82, 2.24) is 0 Å². The number of hydrogen-bond acceptors (Lipinski definition) is 5. The van der Waals surface area contributed by atoms with Crippen molar-refractivity contribution >= 4 is 13.9 Å². The number of carbonyl (C=O) groups excluding carboxylic acids is 1. The minimum Gasteiger partial charge on any atom is -0.451 e. The fourth-order valence-corrected chi connectivity index (χ4v) is 1.48. The molecule has 0 bridgehead atoms. The Morgan fingerprint density at radius 3 is 2.20 bits per heavy atom. The van der Waals surface area contributed by atoms with E-state index in [0.29, 0.717) is 0 Å². The van der Waals surface area contributed by atoms with Crippen LogP contribution >= 0.6 is 7.91 Å². The van der Waals surface area contributed by atoms with E-state index in [1.54, 1.807) is 0 Å². The van der Waals surface area contributed by atoms with Crippen LogP contribution in [0.4, 0.5) is 17.4 Å². The molecule has 5 nitrogen and oxygen atoms in total. The summed E-state index contributed by atoms with van der Waals surface area (Å²) >= 11 is 0. The summed E-state index contributed by atoms with van der Waals surface area (Å²) in [6.45, 7) is -1.48. The van der Waals surface area contributed by atoms with Crippen LogP contribution in [0.2, 0.25) is 0 Å². The minimum absolute atomic E-state index is 0.740. The molecule has 0 spiro atoms. The van der Waals surface area contributed by atoms with E-state index < -0.39 is 39.4 Å². The Kier molecular flexibility index (Phi) is 3.37. The highest BCUT2D eigenvalue weighted by Crippen LogP contribution is 2.52. The standard InChI is InChI=1S/C5H5F4O5P/c6-5(7,8)4(10)14-3-1-12-15(9,11)13-2-3/h3H,1-2H2. The highest BCUT2D eigenvalue weighted by Gasteiger charge is 2.44. The molecule has 0 radical (unpaired) electrons. The molecule has 0 aromatic rings. The Balaban J connectivity index is 2.43. The Morgan fingerprint density at radius 1 is 1.33 bits per heavy atom. The number of ether oxygens (including phenoxy) is 1. The largest absolute Gasteiger partial charge is 0.513 e. The number of hydrogen-bond donors (Lipinski definition) is 0. The summed E-state index contributed by atoms with van der Waals surface area (Å²) in [4.78, 5) is 10.3. The molecule has 0 unspecified atom stereocenters. The smallest absolute Gasteiger partial charge is 0.451 e. The SMILES string of the molecule is O=C(OC1COP(=O)(F)OC1)C(F)(F)F. The van der Waals surface area contributed by atoms with E-state index in [2.05, 4.69) is 13.8 Å². The molecule has 1 aliphatic heterocycles. The molecule has 0 N–H and O–H groups in total. The summed E-state index contributed by atoms with van der Waals surface area (Å²) < 4.78 is 69.4. The van der Waals surface area contributed by atoms with Crippen molar-refractivity contribution in [2.75, 3.05) is 13.2 Å². The van der Waals surface area contributed by atoms with Gasteiger partial charge in [0.1, 0.15) is 6.10 Å². The molecular formula is C5H5F4O5P. The first-order valence-electron chi connectivity index (χ1n) is 3.57. The molecule has 15 heavy (non-hydrogen) atoms. The van der Waals surface area contributed by atoms with Crippen molar-refractivity contribution in [2.45, 2.75) is 12.3 Å². The van der Waals surface area contributed by atoms with Crippen molar-refractivity contribution < 1.29 is 40.5 Å². The summed E-state index contributed by atoms with van der Waals surface area (Å²) in [7, 11) is -4.68. The van der Waals surface area contributed by atoms with Crippen molar-refractivity contribution in [2.24, 2.45) is 0 Å². The summed E-state index contributed by atoms with van der Waals surface area (Å²) in [5, 5.41) is 0. The van der Waals surface area contributed by atoms with E-state index in [0.717, 1.165) is 0 Å². The second-order valence-corrected chi connectivity index (χ2v) is 3.92. The third-order valence-electron chi connectivity index (χ3n) is 1.33. The van der Waals surface area contributed by atoms with Crippen LogP contribution in [0.15, 0.2) is 0 Å². The maximum Gasteiger partial charge on any atom is 0.513 e. The van der Waals surface area contributed by atoms with Gasteiger partial charge in [0.25, 0.3) is 0 Å². The van der Waals surface area contributed by atoms with Crippen LogP contribution in [0.1, 0.15) is 0 Å². The Bertz CT molecular complexity index is 290. The lowest BCUT2D eigenvalue weighted by Gasteiger charge is -2.24. The zero-order valence-electron chi connectivity index (χ0n) is 6.99. The fourth-order valence-electron chi connectivity index (χ4n) is 0.716. The van der Waals surface area contributed by atoms with E-state index in [1.165, 1.54) is 0 Å². The lowest BCUT2D eigenvalue weighted by molar-refractivity contribution is -0.208.